The van der Waals surface area contributed by atoms with Gasteiger partial charge in [-0.05, 0) is 74.2 Å². The van der Waals surface area contributed by atoms with Gasteiger partial charge in [0.1, 0.15) is 12.4 Å². The molecule has 0 heterocycles. The molecule has 8 heteroatoms. The summed E-state index contributed by atoms with van der Waals surface area (Å²) in [5.74, 6) is 1.36. The molecule has 0 aliphatic heterocycles. The van der Waals surface area contributed by atoms with Crippen LogP contribution >= 0.6 is 31.9 Å². The molecule has 0 atom stereocenters. The van der Waals surface area contributed by atoms with Crippen molar-refractivity contribution in [2.24, 2.45) is 5.10 Å². The van der Waals surface area contributed by atoms with Crippen molar-refractivity contribution in [2.45, 2.75) is 13.3 Å². The van der Waals surface area contributed by atoms with Crippen LogP contribution in [0.5, 0.6) is 17.2 Å². The molecule has 29 heavy (non-hydrogen) atoms. The first kappa shape index (κ1) is 23.0. The van der Waals surface area contributed by atoms with Gasteiger partial charge in [-0.2, -0.15) is 5.10 Å². The topological polar surface area (TPSA) is 69.2 Å². The maximum atomic E-state index is 12.4. The minimum atomic E-state index is -0.365. The van der Waals surface area contributed by atoms with Crippen molar-refractivity contribution in [3.8, 4) is 17.2 Å². The fourth-order valence-electron chi connectivity index (χ4n) is 2.30. The summed E-state index contributed by atoms with van der Waals surface area (Å²) in [6.07, 6.45) is 4.10. The Morgan fingerprint density at radius 3 is 2.52 bits per heavy atom. The molecule has 0 aliphatic carbocycles. The highest BCUT2D eigenvalue weighted by Crippen LogP contribution is 2.34. The van der Waals surface area contributed by atoms with Gasteiger partial charge in [-0.1, -0.05) is 19.6 Å². The van der Waals surface area contributed by atoms with Crippen LogP contribution in [-0.4, -0.2) is 32.4 Å². The van der Waals surface area contributed by atoms with Crippen molar-refractivity contribution < 1.29 is 19.0 Å². The molecule has 0 radical (unpaired) electrons. The molecule has 2 aromatic rings. The number of carbonyl (C=O) groups excluding carboxylic acids is 1. The smallest absolute Gasteiger partial charge is 0.271 e. The molecular formula is C21H22Br2N2O4. The normalized spacial score (nSPS) is 10.6. The first-order valence-corrected chi connectivity index (χ1v) is 10.5. The van der Waals surface area contributed by atoms with Crippen LogP contribution in [0.1, 0.15) is 29.3 Å². The minimum absolute atomic E-state index is 0.347. The Morgan fingerprint density at radius 1 is 1.17 bits per heavy atom. The molecule has 2 rings (SSSR count). The number of rotatable bonds is 10. The minimum Gasteiger partial charge on any atom is -0.493 e. The maximum absolute atomic E-state index is 12.4. The highest BCUT2D eigenvalue weighted by Gasteiger charge is 2.11. The van der Waals surface area contributed by atoms with Crippen molar-refractivity contribution >= 4 is 44.0 Å². The standard InChI is InChI=1S/C21H22Br2N2O4/c1-4-8-28-18-7-6-15(12-19(18)27-3)21(26)25-24-13-14-10-16(22)20(17(23)11-14)29-9-5-2/h4,6-7,10-13H,1,5,8-9H2,2-3H3,(H,25,26)/b24-13+. The van der Waals surface area contributed by atoms with Gasteiger partial charge >= 0.3 is 0 Å². The van der Waals surface area contributed by atoms with E-state index in [0.717, 1.165) is 26.7 Å². The van der Waals surface area contributed by atoms with E-state index in [1.807, 2.05) is 19.1 Å². The van der Waals surface area contributed by atoms with E-state index in [4.69, 9.17) is 14.2 Å². The number of hydrogen-bond donors (Lipinski definition) is 1. The SMILES string of the molecule is C=CCOc1ccc(C(=O)N/N=C/c2cc(Br)c(OCCC)c(Br)c2)cc1OC. The average Bonchev–Trinajstić information content (AvgIpc) is 2.71. The quantitative estimate of drug-likeness (QED) is 0.258. The summed E-state index contributed by atoms with van der Waals surface area (Å²) in [4.78, 5) is 12.4. The zero-order valence-corrected chi connectivity index (χ0v) is 19.4. The Morgan fingerprint density at radius 2 is 1.90 bits per heavy atom. The lowest BCUT2D eigenvalue weighted by atomic mass is 10.2. The molecule has 0 spiro atoms. The van der Waals surface area contributed by atoms with E-state index in [-0.39, 0.29) is 5.91 Å². The molecule has 0 saturated heterocycles. The predicted octanol–water partition coefficient (Wildman–Crippen LogP) is 5.34. The zero-order chi connectivity index (χ0) is 21.2. The van der Waals surface area contributed by atoms with Crippen LogP contribution < -0.4 is 19.6 Å². The van der Waals surface area contributed by atoms with E-state index in [2.05, 4.69) is 49.0 Å². The predicted molar refractivity (Wildman–Crippen MR) is 121 cm³/mol. The summed E-state index contributed by atoms with van der Waals surface area (Å²) in [6, 6.07) is 8.62. The molecule has 0 fully saturated rings. The van der Waals surface area contributed by atoms with Crippen LogP contribution in [0.4, 0.5) is 0 Å². The summed E-state index contributed by atoms with van der Waals surface area (Å²) >= 11 is 6.98. The summed E-state index contributed by atoms with van der Waals surface area (Å²) in [5.41, 5.74) is 3.69. The monoisotopic (exact) mass is 524 g/mol. The van der Waals surface area contributed by atoms with Crippen molar-refractivity contribution in [1.82, 2.24) is 5.43 Å². The van der Waals surface area contributed by atoms with Gasteiger partial charge in [0.2, 0.25) is 0 Å². The van der Waals surface area contributed by atoms with Gasteiger partial charge in [-0.15, -0.1) is 0 Å². The molecule has 0 saturated carbocycles. The summed E-state index contributed by atoms with van der Waals surface area (Å²) in [6.45, 7) is 6.62. The van der Waals surface area contributed by atoms with Crippen molar-refractivity contribution in [3.63, 3.8) is 0 Å². The van der Waals surface area contributed by atoms with Gasteiger partial charge in [0.15, 0.2) is 11.5 Å². The Labute approximate surface area is 187 Å². The zero-order valence-electron chi connectivity index (χ0n) is 16.2. The average molecular weight is 526 g/mol. The van der Waals surface area contributed by atoms with E-state index in [1.54, 1.807) is 30.5 Å². The number of amides is 1. The Balaban J connectivity index is 2.06. The van der Waals surface area contributed by atoms with Gasteiger partial charge in [0.05, 0.1) is 28.9 Å². The van der Waals surface area contributed by atoms with Crippen molar-refractivity contribution in [3.05, 3.63) is 63.1 Å². The Kier molecular flexibility index (Phi) is 9.21. The second-order valence-electron chi connectivity index (χ2n) is 5.83. The number of carbonyl (C=O) groups is 1. The first-order chi connectivity index (χ1) is 14.0. The van der Waals surface area contributed by atoms with Crippen molar-refractivity contribution in [2.75, 3.05) is 20.3 Å². The van der Waals surface area contributed by atoms with Gasteiger partial charge < -0.3 is 14.2 Å². The lowest BCUT2D eigenvalue weighted by molar-refractivity contribution is 0.0954. The van der Waals surface area contributed by atoms with Crippen LogP contribution in [-0.2, 0) is 0 Å². The fraction of sp³-hybridized carbons (Fsp3) is 0.238. The molecule has 0 unspecified atom stereocenters. The Bertz CT molecular complexity index is 877. The van der Waals surface area contributed by atoms with Crippen LogP contribution in [0, 0.1) is 0 Å². The third kappa shape index (κ3) is 6.61. The molecule has 6 nitrogen and oxygen atoms in total. The second-order valence-corrected chi connectivity index (χ2v) is 7.54. The highest BCUT2D eigenvalue weighted by atomic mass is 79.9. The summed E-state index contributed by atoms with van der Waals surface area (Å²) < 4.78 is 18.0. The van der Waals surface area contributed by atoms with E-state index < -0.39 is 0 Å². The molecule has 0 aromatic heterocycles. The molecule has 154 valence electrons. The number of methoxy groups -OCH3 is 1. The molecular weight excluding hydrogens is 504 g/mol. The van der Waals surface area contributed by atoms with Crippen molar-refractivity contribution in [1.29, 1.82) is 0 Å². The van der Waals surface area contributed by atoms with Gasteiger partial charge in [0.25, 0.3) is 5.91 Å². The number of halogens is 2. The van der Waals surface area contributed by atoms with E-state index in [9.17, 15) is 4.79 Å². The van der Waals surface area contributed by atoms with Gasteiger partial charge in [0, 0.05) is 5.56 Å². The fourth-order valence-corrected chi connectivity index (χ4v) is 3.75. The van der Waals surface area contributed by atoms with Crippen LogP contribution in [0.3, 0.4) is 0 Å². The number of nitrogens with zero attached hydrogens (tertiary/aromatic N) is 1. The van der Waals surface area contributed by atoms with E-state index in [0.29, 0.717) is 30.3 Å². The molecule has 1 N–H and O–H groups in total. The number of benzene rings is 2. The highest BCUT2D eigenvalue weighted by molar-refractivity contribution is 9.11. The molecule has 1 amide bonds. The first-order valence-electron chi connectivity index (χ1n) is 8.87. The van der Waals surface area contributed by atoms with Gasteiger partial charge in [-0.3, -0.25) is 4.79 Å². The molecule has 0 aliphatic rings. The number of ether oxygens (including phenoxy) is 3. The summed E-state index contributed by atoms with van der Waals surface area (Å²) in [7, 11) is 1.51. The van der Waals surface area contributed by atoms with Gasteiger partial charge in [-0.25, -0.2) is 5.43 Å². The molecule has 2 aromatic carbocycles. The summed E-state index contributed by atoms with van der Waals surface area (Å²) in [5, 5.41) is 4.03. The third-order valence-corrected chi connectivity index (χ3v) is 4.81. The van der Waals surface area contributed by atoms with Crippen LogP contribution in [0.15, 0.2) is 57.0 Å². The van der Waals surface area contributed by atoms with Crippen LogP contribution in [0.2, 0.25) is 0 Å². The second kappa shape index (κ2) is 11.6. The number of hydrogen-bond acceptors (Lipinski definition) is 5. The number of hydrazone groups is 1. The lowest BCUT2D eigenvalue weighted by Crippen LogP contribution is -2.17. The van der Waals surface area contributed by atoms with Crippen LogP contribution in [0.25, 0.3) is 0 Å². The largest absolute Gasteiger partial charge is 0.493 e. The van der Waals surface area contributed by atoms with E-state index in [1.165, 1.54) is 7.11 Å². The maximum Gasteiger partial charge on any atom is 0.271 e. The third-order valence-electron chi connectivity index (χ3n) is 3.63. The molecule has 0 bridgehead atoms. The van der Waals surface area contributed by atoms with E-state index >= 15 is 0 Å². The Hall–Kier alpha value is -2.32. The number of nitrogens with one attached hydrogen (secondary N) is 1. The lowest BCUT2D eigenvalue weighted by Gasteiger charge is -2.11.